The summed E-state index contributed by atoms with van der Waals surface area (Å²) in [6.45, 7) is 7.50. The molecule has 0 unspecified atom stereocenters. The van der Waals surface area contributed by atoms with E-state index < -0.39 is 11.7 Å². The minimum atomic E-state index is -0.973. The van der Waals surface area contributed by atoms with Gasteiger partial charge in [0.25, 0.3) is 0 Å². The van der Waals surface area contributed by atoms with E-state index in [9.17, 15) is 9.90 Å². The van der Waals surface area contributed by atoms with Crippen LogP contribution in [-0.2, 0) is 9.53 Å². The molecule has 0 radical (unpaired) electrons. The standard InChI is InChI=1S/C15H24O3/c1-11(2)6-5-7-12-8-9-13(15(3,4)17)18-14(16)10-12/h6,10,13,17H,5,7-9H2,1-4H3/t13-/m0/s1. The van der Waals surface area contributed by atoms with Crippen LogP contribution in [0.5, 0.6) is 0 Å². The molecular weight excluding hydrogens is 228 g/mol. The van der Waals surface area contributed by atoms with E-state index in [4.69, 9.17) is 4.74 Å². The highest BCUT2D eigenvalue weighted by Gasteiger charge is 2.31. The molecular formula is C15H24O3. The van der Waals surface area contributed by atoms with Crippen LogP contribution >= 0.6 is 0 Å². The molecule has 1 rings (SSSR count). The maximum absolute atomic E-state index is 11.6. The van der Waals surface area contributed by atoms with Gasteiger partial charge < -0.3 is 9.84 Å². The van der Waals surface area contributed by atoms with Crippen molar-refractivity contribution in [3.8, 4) is 0 Å². The Morgan fingerprint density at radius 1 is 1.56 bits per heavy atom. The highest BCUT2D eigenvalue weighted by Crippen LogP contribution is 2.25. The summed E-state index contributed by atoms with van der Waals surface area (Å²) in [6.07, 6.45) is 6.69. The largest absolute Gasteiger partial charge is 0.456 e. The summed E-state index contributed by atoms with van der Waals surface area (Å²) in [5, 5.41) is 9.91. The van der Waals surface area contributed by atoms with Crippen LogP contribution in [0.2, 0.25) is 0 Å². The Morgan fingerprint density at radius 2 is 2.22 bits per heavy atom. The van der Waals surface area contributed by atoms with Gasteiger partial charge >= 0.3 is 5.97 Å². The van der Waals surface area contributed by atoms with Gasteiger partial charge in [-0.1, -0.05) is 17.2 Å². The van der Waals surface area contributed by atoms with Crippen molar-refractivity contribution in [2.24, 2.45) is 0 Å². The van der Waals surface area contributed by atoms with E-state index in [-0.39, 0.29) is 5.97 Å². The molecule has 0 aromatic carbocycles. The van der Waals surface area contributed by atoms with E-state index in [1.54, 1.807) is 19.9 Å². The first-order chi connectivity index (χ1) is 8.29. The smallest absolute Gasteiger partial charge is 0.331 e. The number of hydrogen-bond donors (Lipinski definition) is 1. The Bertz CT molecular complexity index is 354. The average molecular weight is 252 g/mol. The Labute approximate surface area is 110 Å². The summed E-state index contributed by atoms with van der Waals surface area (Å²) in [4.78, 5) is 11.6. The van der Waals surface area contributed by atoms with E-state index in [0.29, 0.717) is 6.42 Å². The first-order valence-electron chi connectivity index (χ1n) is 6.55. The van der Waals surface area contributed by atoms with Gasteiger partial charge in [-0.2, -0.15) is 0 Å². The van der Waals surface area contributed by atoms with Crippen molar-refractivity contribution in [2.75, 3.05) is 0 Å². The van der Waals surface area contributed by atoms with Gasteiger partial charge in [0, 0.05) is 6.08 Å². The van der Waals surface area contributed by atoms with Crippen molar-refractivity contribution in [2.45, 2.75) is 65.1 Å². The molecule has 1 aliphatic rings. The normalized spacial score (nSPS) is 20.8. The Morgan fingerprint density at radius 3 is 2.78 bits per heavy atom. The van der Waals surface area contributed by atoms with E-state index >= 15 is 0 Å². The summed E-state index contributed by atoms with van der Waals surface area (Å²) < 4.78 is 5.25. The van der Waals surface area contributed by atoms with Crippen LogP contribution < -0.4 is 0 Å². The molecule has 0 saturated heterocycles. The number of cyclic esters (lactones) is 1. The number of carbonyl (C=O) groups excluding carboxylic acids is 1. The lowest BCUT2D eigenvalue weighted by molar-refractivity contribution is -0.155. The summed E-state index contributed by atoms with van der Waals surface area (Å²) in [7, 11) is 0. The lowest BCUT2D eigenvalue weighted by atomic mass is 9.94. The first kappa shape index (κ1) is 15.0. The fraction of sp³-hybridized carbons (Fsp3) is 0.667. The molecule has 0 spiro atoms. The predicted molar refractivity (Wildman–Crippen MR) is 72.2 cm³/mol. The van der Waals surface area contributed by atoms with Gasteiger partial charge in [0.1, 0.15) is 6.10 Å². The molecule has 0 aromatic rings. The lowest BCUT2D eigenvalue weighted by Crippen LogP contribution is -2.38. The van der Waals surface area contributed by atoms with Crippen molar-refractivity contribution in [1.82, 2.24) is 0 Å². The highest BCUT2D eigenvalue weighted by molar-refractivity contribution is 5.83. The number of ether oxygens (including phenoxy) is 1. The quantitative estimate of drug-likeness (QED) is 0.617. The number of rotatable bonds is 4. The van der Waals surface area contributed by atoms with E-state index in [1.807, 2.05) is 0 Å². The molecule has 18 heavy (non-hydrogen) atoms. The van der Waals surface area contributed by atoms with Gasteiger partial charge in [-0.25, -0.2) is 4.79 Å². The summed E-state index contributed by atoms with van der Waals surface area (Å²) in [5.74, 6) is -0.327. The van der Waals surface area contributed by atoms with Crippen LogP contribution in [-0.4, -0.2) is 22.8 Å². The van der Waals surface area contributed by atoms with Crippen molar-refractivity contribution in [3.63, 3.8) is 0 Å². The molecule has 0 fully saturated rings. The summed E-state index contributed by atoms with van der Waals surface area (Å²) in [5.41, 5.74) is 1.43. The number of hydrogen-bond acceptors (Lipinski definition) is 3. The van der Waals surface area contributed by atoms with Crippen LogP contribution in [0.15, 0.2) is 23.3 Å². The molecule has 3 heteroatoms. The van der Waals surface area contributed by atoms with Crippen molar-refractivity contribution in [3.05, 3.63) is 23.3 Å². The molecule has 0 aromatic heterocycles. The molecule has 1 N–H and O–H groups in total. The topological polar surface area (TPSA) is 46.5 Å². The predicted octanol–water partition coefficient (Wildman–Crippen LogP) is 3.14. The zero-order valence-electron chi connectivity index (χ0n) is 11.8. The van der Waals surface area contributed by atoms with Gasteiger partial charge in [0.05, 0.1) is 5.60 Å². The Balaban J connectivity index is 2.59. The van der Waals surface area contributed by atoms with Crippen LogP contribution in [0.3, 0.4) is 0 Å². The maximum atomic E-state index is 11.6. The second-order valence-corrected chi connectivity index (χ2v) is 5.74. The van der Waals surface area contributed by atoms with Gasteiger partial charge in [-0.15, -0.1) is 0 Å². The number of carbonyl (C=O) groups is 1. The number of allylic oxidation sites excluding steroid dienone is 3. The lowest BCUT2D eigenvalue weighted by Gasteiger charge is -2.27. The van der Waals surface area contributed by atoms with E-state index in [0.717, 1.165) is 24.8 Å². The van der Waals surface area contributed by atoms with Gasteiger partial charge in [-0.05, 0) is 53.4 Å². The van der Waals surface area contributed by atoms with Crippen molar-refractivity contribution in [1.29, 1.82) is 0 Å². The molecule has 0 bridgehead atoms. The molecule has 3 nitrogen and oxygen atoms in total. The van der Waals surface area contributed by atoms with Crippen molar-refractivity contribution < 1.29 is 14.6 Å². The average Bonchev–Trinajstić information content (AvgIpc) is 2.38. The van der Waals surface area contributed by atoms with E-state index in [1.165, 1.54) is 5.57 Å². The molecule has 1 heterocycles. The minimum Gasteiger partial charge on any atom is -0.456 e. The molecule has 102 valence electrons. The minimum absolute atomic E-state index is 0.327. The third-order valence-electron chi connectivity index (χ3n) is 3.11. The van der Waals surface area contributed by atoms with Crippen LogP contribution in [0, 0.1) is 0 Å². The molecule has 1 atom stereocenters. The SMILES string of the molecule is CC(C)=CCCC1=CC(=O)O[C@H](C(C)(C)O)CC1. The van der Waals surface area contributed by atoms with Crippen molar-refractivity contribution >= 4 is 5.97 Å². The molecule has 0 saturated carbocycles. The third-order valence-corrected chi connectivity index (χ3v) is 3.11. The second kappa shape index (κ2) is 6.19. The Hall–Kier alpha value is -1.09. The molecule has 0 amide bonds. The maximum Gasteiger partial charge on any atom is 0.331 e. The first-order valence-corrected chi connectivity index (χ1v) is 6.55. The fourth-order valence-electron chi connectivity index (χ4n) is 2.03. The Kier molecular flexibility index (Phi) is 5.15. The summed E-state index contributed by atoms with van der Waals surface area (Å²) >= 11 is 0. The fourth-order valence-corrected chi connectivity index (χ4v) is 2.03. The number of esters is 1. The second-order valence-electron chi connectivity index (χ2n) is 5.74. The number of aliphatic hydroxyl groups is 1. The zero-order valence-corrected chi connectivity index (χ0v) is 11.8. The zero-order chi connectivity index (χ0) is 13.8. The van der Waals surface area contributed by atoms with Gasteiger partial charge in [0.15, 0.2) is 0 Å². The van der Waals surface area contributed by atoms with Crippen LogP contribution in [0.1, 0.15) is 53.4 Å². The highest BCUT2D eigenvalue weighted by atomic mass is 16.6. The van der Waals surface area contributed by atoms with Gasteiger partial charge in [-0.3, -0.25) is 0 Å². The monoisotopic (exact) mass is 252 g/mol. The molecule has 0 aliphatic carbocycles. The van der Waals surface area contributed by atoms with Crippen LogP contribution in [0.25, 0.3) is 0 Å². The van der Waals surface area contributed by atoms with E-state index in [2.05, 4.69) is 19.9 Å². The summed E-state index contributed by atoms with van der Waals surface area (Å²) in [6, 6.07) is 0. The van der Waals surface area contributed by atoms with Crippen LogP contribution in [0.4, 0.5) is 0 Å². The molecule has 1 aliphatic heterocycles. The van der Waals surface area contributed by atoms with Gasteiger partial charge in [0.2, 0.25) is 0 Å². The third kappa shape index (κ3) is 5.05.